The zero-order chi connectivity index (χ0) is 14.3. The van der Waals surface area contributed by atoms with Crippen LogP contribution in [-0.4, -0.2) is 40.8 Å². The Balaban J connectivity index is 2.11. The zero-order valence-corrected chi connectivity index (χ0v) is 11.9. The summed E-state index contributed by atoms with van der Waals surface area (Å²) in [4.78, 5) is 25.3. The largest absolute Gasteiger partial charge is 0.481 e. The van der Waals surface area contributed by atoms with Crippen molar-refractivity contribution in [2.24, 2.45) is 11.3 Å². The molecule has 0 aromatic rings. The van der Waals surface area contributed by atoms with E-state index in [4.69, 9.17) is 4.74 Å². The Labute approximate surface area is 113 Å². The number of aliphatic carboxylic acids is 1. The van der Waals surface area contributed by atoms with Crippen LogP contribution in [0.2, 0.25) is 0 Å². The van der Waals surface area contributed by atoms with E-state index in [2.05, 4.69) is 0 Å². The number of amides is 1. The van der Waals surface area contributed by atoms with E-state index in [-0.39, 0.29) is 12.0 Å². The van der Waals surface area contributed by atoms with Crippen molar-refractivity contribution < 1.29 is 19.4 Å². The number of hydrogen-bond donors (Lipinski definition) is 1. The molecule has 0 aromatic carbocycles. The minimum Gasteiger partial charge on any atom is -0.481 e. The molecule has 1 saturated heterocycles. The summed E-state index contributed by atoms with van der Waals surface area (Å²) in [5.41, 5.74) is -1.28. The van der Waals surface area contributed by atoms with Crippen LogP contribution in [0, 0.1) is 11.3 Å². The average Bonchev–Trinajstić information content (AvgIpc) is 2.67. The molecule has 1 aliphatic carbocycles. The van der Waals surface area contributed by atoms with Gasteiger partial charge in [-0.2, -0.15) is 0 Å². The van der Waals surface area contributed by atoms with Crippen molar-refractivity contribution in [1.82, 2.24) is 4.90 Å². The Morgan fingerprint density at radius 1 is 1.32 bits per heavy atom. The van der Waals surface area contributed by atoms with E-state index in [1.54, 1.807) is 4.90 Å². The van der Waals surface area contributed by atoms with Crippen molar-refractivity contribution in [1.29, 1.82) is 0 Å². The van der Waals surface area contributed by atoms with Crippen LogP contribution in [0.15, 0.2) is 0 Å². The van der Waals surface area contributed by atoms with Crippen LogP contribution in [0.3, 0.4) is 0 Å². The minimum absolute atomic E-state index is 0.0752. The van der Waals surface area contributed by atoms with Crippen LogP contribution in [0.1, 0.15) is 46.5 Å². The summed E-state index contributed by atoms with van der Waals surface area (Å²) in [6, 6.07) is 0. The fourth-order valence-electron chi connectivity index (χ4n) is 3.27. The second-order valence-corrected chi connectivity index (χ2v) is 6.76. The molecule has 2 rings (SSSR count). The number of carbonyl (C=O) groups excluding carboxylic acids is 1. The quantitative estimate of drug-likeness (QED) is 0.794. The van der Waals surface area contributed by atoms with Gasteiger partial charge in [0.2, 0.25) is 0 Å². The topological polar surface area (TPSA) is 66.8 Å². The van der Waals surface area contributed by atoms with E-state index >= 15 is 0 Å². The van der Waals surface area contributed by atoms with Gasteiger partial charge in [0, 0.05) is 13.1 Å². The summed E-state index contributed by atoms with van der Waals surface area (Å²) in [6.45, 7) is 6.27. The number of likely N-dealkylation sites (tertiary alicyclic amines) is 1. The third-order valence-corrected chi connectivity index (χ3v) is 4.20. The number of carboxylic acid groups (broad SMARTS) is 1. The normalized spacial score (nSPS) is 30.9. The number of rotatable bonds is 1. The standard InChI is InChI=1S/C14H23NO4/c1-13(2,3)19-12(18)15-8-10-6-4-5-7-14(10,9-15)11(16)17/h10H,4-9H2,1-3H3,(H,16,17)/t10-,14+/m1/s1. The lowest BCUT2D eigenvalue weighted by Gasteiger charge is -2.34. The first-order valence-corrected chi connectivity index (χ1v) is 6.96. The Bertz CT molecular complexity index is 387. The molecule has 0 aromatic heterocycles. The fourth-order valence-corrected chi connectivity index (χ4v) is 3.27. The van der Waals surface area contributed by atoms with Gasteiger partial charge >= 0.3 is 12.1 Å². The van der Waals surface area contributed by atoms with Crippen LogP contribution in [-0.2, 0) is 9.53 Å². The van der Waals surface area contributed by atoms with E-state index in [0.29, 0.717) is 19.5 Å². The molecule has 108 valence electrons. The van der Waals surface area contributed by atoms with Gasteiger partial charge in [-0.05, 0) is 39.5 Å². The highest BCUT2D eigenvalue weighted by Crippen LogP contribution is 2.47. The molecule has 2 aliphatic rings. The highest BCUT2D eigenvalue weighted by molar-refractivity contribution is 5.78. The summed E-state index contributed by atoms with van der Waals surface area (Å²) >= 11 is 0. The van der Waals surface area contributed by atoms with E-state index < -0.39 is 17.0 Å². The number of carboxylic acids is 1. The molecule has 0 radical (unpaired) electrons. The Morgan fingerprint density at radius 3 is 2.53 bits per heavy atom. The molecule has 0 unspecified atom stereocenters. The van der Waals surface area contributed by atoms with Crippen LogP contribution in [0.25, 0.3) is 0 Å². The van der Waals surface area contributed by atoms with Gasteiger partial charge in [-0.3, -0.25) is 4.79 Å². The van der Waals surface area contributed by atoms with Crippen molar-refractivity contribution in [2.75, 3.05) is 13.1 Å². The highest BCUT2D eigenvalue weighted by Gasteiger charge is 2.54. The van der Waals surface area contributed by atoms with Gasteiger partial charge in [-0.25, -0.2) is 4.79 Å². The number of fused-ring (bicyclic) bond motifs is 1. The van der Waals surface area contributed by atoms with Gasteiger partial charge in [0.05, 0.1) is 5.41 Å². The molecule has 0 bridgehead atoms. The minimum atomic E-state index is -0.761. The molecule has 1 amide bonds. The molecule has 1 N–H and O–H groups in total. The lowest BCUT2D eigenvalue weighted by atomic mass is 9.68. The van der Waals surface area contributed by atoms with Crippen LogP contribution >= 0.6 is 0 Å². The molecule has 5 nitrogen and oxygen atoms in total. The summed E-state index contributed by atoms with van der Waals surface area (Å²) in [5, 5.41) is 9.55. The average molecular weight is 269 g/mol. The first-order valence-electron chi connectivity index (χ1n) is 6.96. The molecular weight excluding hydrogens is 246 g/mol. The van der Waals surface area contributed by atoms with Gasteiger partial charge in [0.15, 0.2) is 0 Å². The predicted octanol–water partition coefficient (Wildman–Crippen LogP) is 2.50. The molecule has 2 atom stereocenters. The summed E-state index contributed by atoms with van der Waals surface area (Å²) < 4.78 is 5.35. The Hall–Kier alpha value is -1.26. The molecule has 0 spiro atoms. The Morgan fingerprint density at radius 2 is 2.00 bits per heavy atom. The predicted molar refractivity (Wildman–Crippen MR) is 69.8 cm³/mol. The van der Waals surface area contributed by atoms with Gasteiger partial charge in [0.1, 0.15) is 5.60 Å². The molecule has 19 heavy (non-hydrogen) atoms. The van der Waals surface area contributed by atoms with Crippen molar-refractivity contribution >= 4 is 12.1 Å². The number of carbonyl (C=O) groups is 2. The number of nitrogens with zero attached hydrogens (tertiary/aromatic N) is 1. The number of ether oxygens (including phenoxy) is 1. The van der Waals surface area contributed by atoms with E-state index in [1.807, 2.05) is 20.8 Å². The summed E-state index contributed by atoms with van der Waals surface area (Å²) in [6.07, 6.45) is 3.17. The second kappa shape index (κ2) is 4.69. The first kappa shape index (κ1) is 14.2. The van der Waals surface area contributed by atoms with Crippen LogP contribution in [0.4, 0.5) is 4.79 Å². The molecule has 2 fully saturated rings. The Kier molecular flexibility index (Phi) is 3.49. The maximum absolute atomic E-state index is 12.1. The van der Waals surface area contributed by atoms with Gasteiger partial charge < -0.3 is 14.7 Å². The molecular formula is C14H23NO4. The molecule has 5 heteroatoms. The zero-order valence-electron chi connectivity index (χ0n) is 11.9. The van der Waals surface area contributed by atoms with E-state index in [0.717, 1.165) is 19.3 Å². The first-order chi connectivity index (χ1) is 8.74. The van der Waals surface area contributed by atoms with Crippen LogP contribution < -0.4 is 0 Å². The molecule has 1 heterocycles. The van der Waals surface area contributed by atoms with E-state index in [1.165, 1.54) is 0 Å². The molecule has 1 saturated carbocycles. The lowest BCUT2D eigenvalue weighted by molar-refractivity contribution is -0.152. The maximum atomic E-state index is 12.1. The smallest absolute Gasteiger partial charge is 0.410 e. The van der Waals surface area contributed by atoms with Crippen molar-refractivity contribution in [3.63, 3.8) is 0 Å². The maximum Gasteiger partial charge on any atom is 0.410 e. The van der Waals surface area contributed by atoms with Crippen molar-refractivity contribution in [3.05, 3.63) is 0 Å². The summed E-state index contributed by atoms with van der Waals surface area (Å²) in [7, 11) is 0. The monoisotopic (exact) mass is 269 g/mol. The third kappa shape index (κ3) is 2.69. The third-order valence-electron chi connectivity index (χ3n) is 4.20. The second-order valence-electron chi connectivity index (χ2n) is 6.76. The van der Waals surface area contributed by atoms with Gasteiger partial charge in [-0.15, -0.1) is 0 Å². The van der Waals surface area contributed by atoms with E-state index in [9.17, 15) is 14.7 Å². The van der Waals surface area contributed by atoms with Gasteiger partial charge in [0.25, 0.3) is 0 Å². The molecule has 1 aliphatic heterocycles. The van der Waals surface area contributed by atoms with Crippen LogP contribution in [0.5, 0.6) is 0 Å². The van der Waals surface area contributed by atoms with Gasteiger partial charge in [-0.1, -0.05) is 12.8 Å². The highest BCUT2D eigenvalue weighted by atomic mass is 16.6. The fraction of sp³-hybridized carbons (Fsp3) is 0.857. The summed E-state index contributed by atoms with van der Waals surface area (Å²) in [5.74, 6) is -0.686. The number of hydrogen-bond acceptors (Lipinski definition) is 3. The van der Waals surface area contributed by atoms with Crippen molar-refractivity contribution in [3.8, 4) is 0 Å². The van der Waals surface area contributed by atoms with Crippen molar-refractivity contribution in [2.45, 2.75) is 52.1 Å². The lowest BCUT2D eigenvalue weighted by Crippen LogP contribution is -2.42. The SMILES string of the molecule is CC(C)(C)OC(=O)N1C[C@H]2CCCC[C@]2(C(=O)O)C1.